The van der Waals surface area contributed by atoms with E-state index in [1.807, 2.05) is 53.4 Å². The molecular formula is C26H34N2O2. The van der Waals surface area contributed by atoms with Gasteiger partial charge in [-0.2, -0.15) is 0 Å². The van der Waals surface area contributed by atoms with Crippen molar-refractivity contribution in [2.24, 2.45) is 0 Å². The maximum absolute atomic E-state index is 12.8. The van der Waals surface area contributed by atoms with Crippen LogP contribution in [0.3, 0.4) is 0 Å². The van der Waals surface area contributed by atoms with Gasteiger partial charge >= 0.3 is 0 Å². The van der Waals surface area contributed by atoms with E-state index in [0.29, 0.717) is 24.6 Å². The van der Waals surface area contributed by atoms with E-state index in [9.17, 15) is 9.59 Å². The van der Waals surface area contributed by atoms with Gasteiger partial charge in [0.1, 0.15) is 0 Å². The Labute approximate surface area is 180 Å². The Morgan fingerprint density at radius 1 is 0.900 bits per heavy atom. The summed E-state index contributed by atoms with van der Waals surface area (Å²) < 4.78 is 0. The lowest BCUT2D eigenvalue weighted by atomic mass is 9.86. The van der Waals surface area contributed by atoms with Gasteiger partial charge in [0.15, 0.2) is 0 Å². The molecule has 0 aliphatic carbocycles. The zero-order valence-corrected chi connectivity index (χ0v) is 18.9. The average Bonchev–Trinajstić information content (AvgIpc) is 2.73. The number of hydrogen-bond donors (Lipinski definition) is 1. The van der Waals surface area contributed by atoms with Crippen LogP contribution in [0.4, 0.5) is 0 Å². The van der Waals surface area contributed by atoms with E-state index in [-0.39, 0.29) is 23.3 Å². The fraction of sp³-hybridized carbons (Fsp3) is 0.462. The molecule has 1 aliphatic rings. The summed E-state index contributed by atoms with van der Waals surface area (Å²) in [6.45, 7) is 12.1. The number of nitrogens with zero attached hydrogens (tertiary/aromatic N) is 1. The fourth-order valence-corrected chi connectivity index (χ4v) is 3.81. The first-order chi connectivity index (χ1) is 14.1. The van der Waals surface area contributed by atoms with Crippen molar-refractivity contribution in [3.8, 4) is 0 Å². The molecule has 1 aliphatic heterocycles. The van der Waals surface area contributed by atoms with E-state index in [1.165, 1.54) is 11.1 Å². The number of nitrogens with one attached hydrogen (secondary N) is 1. The van der Waals surface area contributed by atoms with Gasteiger partial charge in [0.25, 0.3) is 11.8 Å². The summed E-state index contributed by atoms with van der Waals surface area (Å²) in [7, 11) is 0. The minimum atomic E-state index is -0.0344. The molecule has 30 heavy (non-hydrogen) atoms. The molecule has 4 heteroatoms. The molecule has 1 saturated heterocycles. The Bertz CT molecular complexity index is 869. The molecule has 0 spiro atoms. The largest absolute Gasteiger partial charge is 0.349 e. The van der Waals surface area contributed by atoms with Crippen molar-refractivity contribution < 1.29 is 9.59 Å². The molecule has 0 bridgehead atoms. The van der Waals surface area contributed by atoms with Crippen molar-refractivity contribution in [2.45, 2.75) is 64.8 Å². The van der Waals surface area contributed by atoms with Crippen molar-refractivity contribution in [1.82, 2.24) is 10.2 Å². The lowest BCUT2D eigenvalue weighted by Gasteiger charge is -2.32. The number of rotatable bonds is 4. The highest BCUT2D eigenvalue weighted by molar-refractivity contribution is 5.95. The third-order valence-electron chi connectivity index (χ3n) is 5.95. The van der Waals surface area contributed by atoms with Crippen molar-refractivity contribution in [2.75, 3.05) is 13.1 Å². The Kier molecular flexibility index (Phi) is 6.64. The molecule has 0 aromatic heterocycles. The monoisotopic (exact) mass is 406 g/mol. The summed E-state index contributed by atoms with van der Waals surface area (Å²) in [5, 5.41) is 3.13. The van der Waals surface area contributed by atoms with E-state index in [4.69, 9.17) is 0 Å². The highest BCUT2D eigenvalue weighted by Crippen LogP contribution is 2.23. The van der Waals surface area contributed by atoms with Gasteiger partial charge < -0.3 is 10.2 Å². The fourth-order valence-electron chi connectivity index (χ4n) is 3.81. The number of carbonyl (C=O) groups is 2. The maximum atomic E-state index is 12.8. The summed E-state index contributed by atoms with van der Waals surface area (Å²) >= 11 is 0. The Balaban J connectivity index is 1.53. The predicted octanol–water partition coefficient (Wildman–Crippen LogP) is 5.14. The van der Waals surface area contributed by atoms with E-state index in [0.717, 1.165) is 18.4 Å². The second kappa shape index (κ2) is 9.03. The van der Waals surface area contributed by atoms with E-state index in [2.05, 4.69) is 39.9 Å². The predicted molar refractivity (Wildman–Crippen MR) is 122 cm³/mol. The number of piperidine rings is 1. The van der Waals surface area contributed by atoms with Gasteiger partial charge in [-0.15, -0.1) is 0 Å². The highest BCUT2D eigenvalue weighted by Gasteiger charge is 2.25. The second-order valence-electron chi connectivity index (χ2n) is 9.64. The number of benzene rings is 2. The standard InChI is InChI=1S/C26H34N2O2/c1-18(2)19-6-8-20(9-7-19)24(29)27-23-14-16-28(17-15-23)25(30)21-10-12-22(13-11-21)26(3,4)5/h6-13,18,23H,14-17H2,1-5H3,(H,27,29). The van der Waals surface area contributed by atoms with Gasteiger partial charge in [-0.1, -0.05) is 58.9 Å². The zero-order valence-electron chi connectivity index (χ0n) is 18.9. The quantitative estimate of drug-likeness (QED) is 0.764. The number of carbonyl (C=O) groups excluding carboxylic acids is 2. The Morgan fingerprint density at radius 2 is 1.43 bits per heavy atom. The molecule has 2 aromatic rings. The highest BCUT2D eigenvalue weighted by atomic mass is 16.2. The summed E-state index contributed by atoms with van der Waals surface area (Å²) in [4.78, 5) is 27.3. The summed E-state index contributed by atoms with van der Waals surface area (Å²) in [6.07, 6.45) is 1.56. The molecule has 2 amide bonds. The SMILES string of the molecule is CC(C)c1ccc(C(=O)NC2CCN(C(=O)c3ccc(C(C)(C)C)cc3)CC2)cc1. The van der Waals surface area contributed by atoms with Crippen LogP contribution in [0.2, 0.25) is 0 Å². The number of hydrogen-bond acceptors (Lipinski definition) is 2. The van der Waals surface area contributed by atoms with E-state index < -0.39 is 0 Å². The molecule has 1 heterocycles. The van der Waals surface area contributed by atoms with Crippen molar-refractivity contribution in [1.29, 1.82) is 0 Å². The third kappa shape index (κ3) is 5.29. The molecule has 2 aromatic carbocycles. The summed E-state index contributed by atoms with van der Waals surface area (Å²) in [5.41, 5.74) is 3.95. The molecule has 0 unspecified atom stereocenters. The molecule has 160 valence electrons. The van der Waals surface area contributed by atoms with Crippen molar-refractivity contribution in [3.63, 3.8) is 0 Å². The molecule has 1 fully saturated rings. The van der Waals surface area contributed by atoms with Crippen LogP contribution in [0.15, 0.2) is 48.5 Å². The minimum Gasteiger partial charge on any atom is -0.349 e. The van der Waals surface area contributed by atoms with Crippen LogP contribution in [0.5, 0.6) is 0 Å². The zero-order chi connectivity index (χ0) is 21.9. The average molecular weight is 407 g/mol. The smallest absolute Gasteiger partial charge is 0.253 e. The Morgan fingerprint density at radius 3 is 1.93 bits per heavy atom. The molecule has 0 radical (unpaired) electrons. The summed E-state index contributed by atoms with van der Waals surface area (Å²) in [5.74, 6) is 0.492. The van der Waals surface area contributed by atoms with Gasteiger partial charge in [0.2, 0.25) is 0 Å². The number of amides is 2. The molecule has 4 nitrogen and oxygen atoms in total. The van der Waals surface area contributed by atoms with Gasteiger partial charge in [0, 0.05) is 30.3 Å². The number of likely N-dealkylation sites (tertiary alicyclic amines) is 1. The van der Waals surface area contributed by atoms with Gasteiger partial charge in [-0.3, -0.25) is 9.59 Å². The van der Waals surface area contributed by atoms with Crippen LogP contribution in [0.25, 0.3) is 0 Å². The van der Waals surface area contributed by atoms with Crippen molar-refractivity contribution >= 4 is 11.8 Å². The lowest BCUT2D eigenvalue weighted by molar-refractivity contribution is 0.0698. The molecular weight excluding hydrogens is 372 g/mol. The topological polar surface area (TPSA) is 49.4 Å². The lowest BCUT2D eigenvalue weighted by Crippen LogP contribution is -2.46. The van der Waals surface area contributed by atoms with E-state index in [1.54, 1.807) is 0 Å². The van der Waals surface area contributed by atoms with Crippen LogP contribution in [-0.4, -0.2) is 35.8 Å². The normalized spacial score (nSPS) is 15.3. The van der Waals surface area contributed by atoms with Gasteiger partial charge in [-0.25, -0.2) is 0 Å². The van der Waals surface area contributed by atoms with Crippen LogP contribution in [0.1, 0.15) is 85.2 Å². The van der Waals surface area contributed by atoms with E-state index >= 15 is 0 Å². The Hall–Kier alpha value is -2.62. The van der Waals surface area contributed by atoms with Crippen molar-refractivity contribution in [3.05, 3.63) is 70.8 Å². The van der Waals surface area contributed by atoms with Gasteiger partial charge in [0.05, 0.1) is 0 Å². The first-order valence-electron chi connectivity index (χ1n) is 11.0. The van der Waals surface area contributed by atoms with Crippen LogP contribution in [-0.2, 0) is 5.41 Å². The summed E-state index contributed by atoms with van der Waals surface area (Å²) in [6, 6.07) is 15.9. The molecule has 3 rings (SSSR count). The van der Waals surface area contributed by atoms with Crippen LogP contribution in [0, 0.1) is 0 Å². The molecule has 0 atom stereocenters. The second-order valence-corrected chi connectivity index (χ2v) is 9.64. The minimum absolute atomic E-state index is 0.0344. The molecule has 0 saturated carbocycles. The maximum Gasteiger partial charge on any atom is 0.253 e. The van der Waals surface area contributed by atoms with Crippen LogP contribution >= 0.6 is 0 Å². The van der Waals surface area contributed by atoms with Gasteiger partial charge in [-0.05, 0) is 59.6 Å². The third-order valence-corrected chi connectivity index (χ3v) is 5.95. The van der Waals surface area contributed by atoms with Crippen LogP contribution < -0.4 is 5.32 Å². The first kappa shape index (κ1) is 22.1. The molecule has 1 N–H and O–H groups in total. The first-order valence-corrected chi connectivity index (χ1v) is 11.0.